The molecule has 0 unspecified atom stereocenters. The number of esters is 4. The highest BCUT2D eigenvalue weighted by atomic mass is 16.5. The van der Waals surface area contributed by atoms with Crippen molar-refractivity contribution in [1.82, 2.24) is 10.6 Å². The smallest absolute Gasteiger partial charge is 0.374 e. The summed E-state index contributed by atoms with van der Waals surface area (Å²) in [5.74, 6) is -4.40. The van der Waals surface area contributed by atoms with E-state index in [1.165, 1.54) is 42.3 Å². The zero-order valence-electron chi connectivity index (χ0n) is 27.1. The van der Waals surface area contributed by atoms with Gasteiger partial charge in [-0.05, 0) is 39.5 Å². The van der Waals surface area contributed by atoms with Crippen molar-refractivity contribution < 1.29 is 56.5 Å². The van der Waals surface area contributed by atoms with Gasteiger partial charge in [-0.3, -0.25) is 9.59 Å². The number of hydrogen-bond donors (Lipinski definition) is 2. The van der Waals surface area contributed by atoms with Crippen LogP contribution in [0.5, 0.6) is 0 Å². The van der Waals surface area contributed by atoms with E-state index in [4.69, 9.17) is 13.6 Å². The van der Waals surface area contributed by atoms with Gasteiger partial charge in [-0.15, -0.1) is 0 Å². The summed E-state index contributed by atoms with van der Waals surface area (Å²) in [6.07, 6.45) is 10.1. The predicted molar refractivity (Wildman–Crippen MR) is 161 cm³/mol. The maximum atomic E-state index is 12.6. The summed E-state index contributed by atoms with van der Waals surface area (Å²) in [5.41, 5.74) is -0.319. The highest BCUT2D eigenvalue weighted by Crippen LogP contribution is 2.27. The van der Waals surface area contributed by atoms with Crippen LogP contribution < -0.4 is 10.6 Å². The van der Waals surface area contributed by atoms with Crippen LogP contribution in [0.2, 0.25) is 0 Å². The fraction of sp³-hybridized carbons (Fsp3) is 0.562. The number of carbonyl (C=O) groups excluding carboxylic acids is 6. The molecule has 14 nitrogen and oxygen atoms in total. The molecule has 2 heterocycles. The second kappa shape index (κ2) is 16.6. The van der Waals surface area contributed by atoms with E-state index in [-0.39, 0.29) is 57.4 Å². The van der Waals surface area contributed by atoms with Crippen molar-refractivity contribution in [1.29, 1.82) is 0 Å². The number of nitrogens with one attached hydrogen (secondary N) is 2. The monoisotopic (exact) mass is 646 g/mol. The van der Waals surface area contributed by atoms with Gasteiger partial charge in [-0.25, -0.2) is 19.2 Å². The largest absolute Gasteiger partial charge is 0.465 e. The summed E-state index contributed by atoms with van der Waals surface area (Å²) in [5, 5.41) is 5.78. The van der Waals surface area contributed by atoms with Crippen molar-refractivity contribution >= 4 is 35.7 Å². The summed E-state index contributed by atoms with van der Waals surface area (Å²) in [6, 6.07) is 0.0973. The van der Waals surface area contributed by atoms with Crippen LogP contribution in [0.25, 0.3) is 0 Å². The quantitative estimate of drug-likeness (QED) is 0.303. The zero-order valence-corrected chi connectivity index (χ0v) is 27.1. The molecule has 2 saturated carbocycles. The van der Waals surface area contributed by atoms with E-state index in [9.17, 15) is 28.8 Å². The van der Waals surface area contributed by atoms with Gasteiger partial charge < -0.3 is 38.4 Å². The van der Waals surface area contributed by atoms with Gasteiger partial charge in [0.15, 0.2) is 0 Å². The van der Waals surface area contributed by atoms with E-state index in [1.807, 2.05) is 0 Å². The third-order valence-electron chi connectivity index (χ3n) is 8.02. The Labute approximate surface area is 266 Å². The summed E-state index contributed by atoms with van der Waals surface area (Å²) in [6.45, 7) is 3.02. The molecule has 2 aliphatic rings. The van der Waals surface area contributed by atoms with Gasteiger partial charge in [0.1, 0.15) is 28.2 Å². The van der Waals surface area contributed by atoms with Gasteiger partial charge in [-0.1, -0.05) is 38.5 Å². The summed E-state index contributed by atoms with van der Waals surface area (Å²) in [7, 11) is 4.73. The highest BCUT2D eigenvalue weighted by molar-refractivity contribution is 6.12. The van der Waals surface area contributed by atoms with Crippen molar-refractivity contribution in [2.75, 3.05) is 28.4 Å². The number of rotatable bonds is 8. The third-order valence-corrected chi connectivity index (χ3v) is 8.02. The number of ether oxygens (including phenoxy) is 4. The Balaban J connectivity index is 0.000000250. The van der Waals surface area contributed by atoms with Gasteiger partial charge in [0.25, 0.3) is 11.8 Å². The van der Waals surface area contributed by atoms with Gasteiger partial charge in [0.2, 0.25) is 11.5 Å². The van der Waals surface area contributed by atoms with Crippen LogP contribution in [0.4, 0.5) is 0 Å². The molecule has 2 fully saturated rings. The molecule has 2 aliphatic carbocycles. The molecular formula is C32H42N2O12. The van der Waals surface area contributed by atoms with Crippen LogP contribution >= 0.6 is 0 Å². The van der Waals surface area contributed by atoms with Crippen LogP contribution in [0.1, 0.15) is 138 Å². The Morgan fingerprint density at radius 2 is 0.848 bits per heavy atom. The van der Waals surface area contributed by atoms with Crippen molar-refractivity contribution in [3.8, 4) is 0 Å². The molecule has 4 rings (SSSR count). The predicted octanol–water partition coefficient (Wildman–Crippen LogP) is 4.45. The molecule has 0 bridgehead atoms. The van der Waals surface area contributed by atoms with E-state index in [2.05, 4.69) is 24.8 Å². The maximum absolute atomic E-state index is 12.6. The Bertz CT molecular complexity index is 1440. The molecule has 2 N–H and O–H groups in total. The number of furan rings is 2. The Kier molecular flexibility index (Phi) is 13.0. The first-order valence-electron chi connectivity index (χ1n) is 15.2. The van der Waals surface area contributed by atoms with Crippen molar-refractivity contribution in [3.63, 3.8) is 0 Å². The lowest BCUT2D eigenvalue weighted by Gasteiger charge is -2.22. The normalized spacial score (nSPS) is 15.1. The van der Waals surface area contributed by atoms with E-state index in [0.29, 0.717) is 0 Å². The molecule has 0 atom stereocenters. The molecule has 2 aromatic heterocycles. The van der Waals surface area contributed by atoms with Gasteiger partial charge >= 0.3 is 23.9 Å². The van der Waals surface area contributed by atoms with Gasteiger partial charge in [0.05, 0.1) is 34.0 Å². The second-order valence-corrected chi connectivity index (χ2v) is 11.1. The first-order valence-corrected chi connectivity index (χ1v) is 15.2. The molecule has 0 spiro atoms. The molecule has 0 saturated heterocycles. The maximum Gasteiger partial charge on any atom is 0.374 e. The lowest BCUT2D eigenvalue weighted by Crippen LogP contribution is -2.37. The lowest BCUT2D eigenvalue weighted by atomic mass is 9.95. The van der Waals surface area contributed by atoms with Crippen LogP contribution in [0, 0.1) is 13.8 Å². The molecule has 0 aliphatic heterocycles. The summed E-state index contributed by atoms with van der Waals surface area (Å²) in [4.78, 5) is 72.8. The number of carbonyl (C=O) groups is 6. The van der Waals surface area contributed by atoms with Crippen molar-refractivity contribution in [3.05, 3.63) is 45.3 Å². The minimum atomic E-state index is -0.829. The van der Waals surface area contributed by atoms with Crippen LogP contribution in [0.3, 0.4) is 0 Å². The van der Waals surface area contributed by atoms with E-state index in [0.717, 1.165) is 64.2 Å². The average molecular weight is 647 g/mol. The molecule has 46 heavy (non-hydrogen) atoms. The fourth-order valence-corrected chi connectivity index (χ4v) is 5.71. The number of methoxy groups -OCH3 is 4. The molecule has 2 amide bonds. The lowest BCUT2D eigenvalue weighted by molar-refractivity contribution is 0.0527. The Hall–Kier alpha value is -4.62. The molecule has 0 radical (unpaired) electrons. The first kappa shape index (κ1) is 35.9. The molecule has 0 aromatic carbocycles. The summed E-state index contributed by atoms with van der Waals surface area (Å²) >= 11 is 0. The first-order chi connectivity index (χ1) is 22.0. The molecule has 252 valence electrons. The minimum Gasteiger partial charge on any atom is -0.465 e. The van der Waals surface area contributed by atoms with E-state index < -0.39 is 35.7 Å². The minimum absolute atomic E-state index is 0.0300. The van der Waals surface area contributed by atoms with Crippen LogP contribution in [0.15, 0.2) is 8.83 Å². The fourth-order valence-electron chi connectivity index (χ4n) is 5.71. The standard InChI is InChI=1S/2C16H21NO6/c1-9-11(15(19)21-2)12(13(23-9)16(20)22-3)14(18)17-10-7-5-4-6-8-10;1-9-11(14(18)17-10-7-5-4-6-8-10)12(15(19)21-2)13(23-9)16(20)22-3/h2*10H,4-8H2,1-3H3,(H,17,18). The molecule has 14 heteroatoms. The van der Waals surface area contributed by atoms with Crippen LogP contribution in [-0.2, 0) is 18.9 Å². The Morgan fingerprint density at radius 3 is 1.26 bits per heavy atom. The van der Waals surface area contributed by atoms with Gasteiger partial charge in [-0.2, -0.15) is 0 Å². The molecule has 2 aromatic rings. The van der Waals surface area contributed by atoms with Crippen molar-refractivity contribution in [2.24, 2.45) is 0 Å². The van der Waals surface area contributed by atoms with Crippen LogP contribution in [-0.4, -0.2) is 76.2 Å². The SMILES string of the molecule is COC(=O)c1oc(C)c(C(=O)NC2CCCCC2)c1C(=O)OC.COC(=O)c1oc(C)c(C(=O)OC)c1C(=O)NC1CCCCC1. The summed E-state index contributed by atoms with van der Waals surface area (Å²) < 4.78 is 29.2. The van der Waals surface area contributed by atoms with Crippen molar-refractivity contribution in [2.45, 2.75) is 90.1 Å². The number of hydrogen-bond acceptors (Lipinski definition) is 12. The van der Waals surface area contributed by atoms with E-state index in [1.54, 1.807) is 0 Å². The zero-order chi connectivity index (χ0) is 34.0. The third kappa shape index (κ3) is 8.34. The highest BCUT2D eigenvalue weighted by Gasteiger charge is 2.35. The Morgan fingerprint density at radius 1 is 0.500 bits per heavy atom. The number of aryl methyl sites for hydroxylation is 2. The molecular weight excluding hydrogens is 604 g/mol. The average Bonchev–Trinajstić information content (AvgIpc) is 3.61. The second-order valence-electron chi connectivity index (χ2n) is 11.1. The number of amides is 2. The topological polar surface area (TPSA) is 190 Å². The van der Waals surface area contributed by atoms with Gasteiger partial charge in [0, 0.05) is 12.1 Å². The van der Waals surface area contributed by atoms with E-state index >= 15 is 0 Å².